The molecule has 1 aliphatic rings. The van der Waals surface area contributed by atoms with Gasteiger partial charge in [-0.3, -0.25) is 9.69 Å². The Labute approximate surface area is 216 Å². The van der Waals surface area contributed by atoms with E-state index < -0.39 is 11.9 Å². The summed E-state index contributed by atoms with van der Waals surface area (Å²) in [6.45, 7) is 3.08. The van der Waals surface area contributed by atoms with Gasteiger partial charge in [-0.05, 0) is 67.9 Å². The molecule has 0 saturated carbocycles. The standard InChI is InChI=1S/C28H31ClFN3O3/c29-24-16-20(10-11-25(24)30)18-33-14-12-22(13-15-33)31-17-23(34)19-36-27-9-5-4-8-26(27)32-28(35)21-6-2-1-3-7-21/h1-11,16,22-23,31,34H,12-15,17-19H2,(H,32,35). The van der Waals surface area contributed by atoms with Crippen LogP contribution >= 0.6 is 11.6 Å². The Morgan fingerprint density at radius 2 is 1.81 bits per heavy atom. The second-order valence-corrected chi connectivity index (χ2v) is 9.40. The third-order valence-corrected chi connectivity index (χ3v) is 6.51. The highest BCUT2D eigenvalue weighted by atomic mass is 35.5. The maximum Gasteiger partial charge on any atom is 0.255 e. The lowest BCUT2D eigenvalue weighted by molar-refractivity contribution is 0.0978. The number of nitrogens with one attached hydrogen (secondary N) is 2. The van der Waals surface area contributed by atoms with Crippen molar-refractivity contribution in [1.29, 1.82) is 0 Å². The summed E-state index contributed by atoms with van der Waals surface area (Å²) in [7, 11) is 0. The van der Waals surface area contributed by atoms with Gasteiger partial charge in [0.15, 0.2) is 0 Å². The van der Waals surface area contributed by atoms with Crippen LogP contribution in [0.15, 0.2) is 72.8 Å². The molecule has 190 valence electrons. The fourth-order valence-electron chi connectivity index (χ4n) is 4.22. The Bertz CT molecular complexity index is 1140. The summed E-state index contributed by atoms with van der Waals surface area (Å²) in [5.74, 6) is -0.107. The average Bonchev–Trinajstić information content (AvgIpc) is 2.90. The fraction of sp³-hybridized carbons (Fsp3) is 0.321. The molecule has 1 heterocycles. The normalized spacial score (nSPS) is 15.4. The summed E-state index contributed by atoms with van der Waals surface area (Å²) in [5, 5.41) is 16.9. The first-order valence-electron chi connectivity index (χ1n) is 12.1. The molecule has 1 amide bonds. The van der Waals surface area contributed by atoms with Crippen molar-refractivity contribution in [3.63, 3.8) is 0 Å². The molecule has 1 atom stereocenters. The van der Waals surface area contributed by atoms with Gasteiger partial charge in [-0.2, -0.15) is 0 Å². The molecule has 1 aliphatic heterocycles. The highest BCUT2D eigenvalue weighted by Crippen LogP contribution is 2.25. The van der Waals surface area contributed by atoms with Crippen molar-refractivity contribution >= 4 is 23.2 Å². The van der Waals surface area contributed by atoms with Gasteiger partial charge in [0.2, 0.25) is 0 Å². The van der Waals surface area contributed by atoms with Gasteiger partial charge in [-0.25, -0.2) is 4.39 Å². The van der Waals surface area contributed by atoms with Crippen LogP contribution in [0.1, 0.15) is 28.8 Å². The Kier molecular flexibility index (Phi) is 9.30. The van der Waals surface area contributed by atoms with E-state index in [-0.39, 0.29) is 17.5 Å². The zero-order chi connectivity index (χ0) is 25.3. The van der Waals surface area contributed by atoms with Gasteiger partial charge in [0.25, 0.3) is 5.91 Å². The summed E-state index contributed by atoms with van der Waals surface area (Å²) in [4.78, 5) is 14.8. The number of hydrogen-bond acceptors (Lipinski definition) is 5. The van der Waals surface area contributed by atoms with E-state index in [1.54, 1.807) is 36.4 Å². The van der Waals surface area contributed by atoms with E-state index in [0.29, 0.717) is 29.6 Å². The van der Waals surface area contributed by atoms with Crippen molar-refractivity contribution in [3.8, 4) is 5.75 Å². The monoisotopic (exact) mass is 511 g/mol. The Hall–Kier alpha value is -2.97. The zero-order valence-corrected chi connectivity index (χ0v) is 20.8. The number of amides is 1. The second-order valence-electron chi connectivity index (χ2n) is 8.99. The quantitative estimate of drug-likeness (QED) is 0.367. The van der Waals surface area contributed by atoms with Gasteiger partial charge in [-0.15, -0.1) is 0 Å². The Morgan fingerprint density at radius 3 is 2.56 bits per heavy atom. The molecule has 3 aromatic carbocycles. The molecule has 0 bridgehead atoms. The third kappa shape index (κ3) is 7.51. The number of ether oxygens (including phenoxy) is 1. The number of halogens is 2. The van der Waals surface area contributed by atoms with Crippen LogP contribution in [0.4, 0.5) is 10.1 Å². The van der Waals surface area contributed by atoms with Crippen molar-refractivity contribution in [2.24, 2.45) is 0 Å². The highest BCUT2D eigenvalue weighted by Gasteiger charge is 2.20. The van der Waals surface area contributed by atoms with Crippen LogP contribution in [-0.2, 0) is 6.54 Å². The summed E-state index contributed by atoms with van der Waals surface area (Å²) < 4.78 is 19.2. The number of likely N-dealkylation sites (tertiary alicyclic amines) is 1. The van der Waals surface area contributed by atoms with Crippen molar-refractivity contribution in [2.75, 3.05) is 31.6 Å². The molecule has 8 heteroatoms. The highest BCUT2D eigenvalue weighted by molar-refractivity contribution is 6.30. The molecule has 3 aromatic rings. The number of hydrogen-bond donors (Lipinski definition) is 3. The van der Waals surface area contributed by atoms with E-state index >= 15 is 0 Å². The molecule has 0 spiro atoms. The van der Waals surface area contributed by atoms with Crippen molar-refractivity contribution < 1.29 is 19.0 Å². The Morgan fingerprint density at radius 1 is 1.08 bits per heavy atom. The summed E-state index contributed by atoms with van der Waals surface area (Å²) >= 11 is 5.89. The molecule has 6 nitrogen and oxygen atoms in total. The number of carbonyl (C=O) groups is 1. The molecular weight excluding hydrogens is 481 g/mol. The SMILES string of the molecule is O=C(Nc1ccccc1OCC(O)CNC1CCN(Cc2ccc(F)c(Cl)c2)CC1)c1ccccc1. The lowest BCUT2D eigenvalue weighted by Gasteiger charge is -2.33. The maximum atomic E-state index is 13.4. The van der Waals surface area contributed by atoms with Gasteiger partial charge >= 0.3 is 0 Å². The summed E-state index contributed by atoms with van der Waals surface area (Å²) in [5.41, 5.74) is 2.12. The lowest BCUT2D eigenvalue weighted by atomic mass is 10.0. The topological polar surface area (TPSA) is 73.8 Å². The van der Waals surface area contributed by atoms with E-state index in [4.69, 9.17) is 16.3 Å². The minimum atomic E-state index is -0.692. The predicted octanol–water partition coefficient (Wildman–Crippen LogP) is 4.73. The van der Waals surface area contributed by atoms with Crippen molar-refractivity contribution in [1.82, 2.24) is 10.2 Å². The number of para-hydroxylation sites is 2. The number of rotatable bonds is 10. The smallest absolute Gasteiger partial charge is 0.255 e. The van der Waals surface area contributed by atoms with Gasteiger partial charge < -0.3 is 20.5 Å². The average molecular weight is 512 g/mol. The van der Waals surface area contributed by atoms with E-state index in [1.165, 1.54) is 6.07 Å². The van der Waals surface area contributed by atoms with Crippen LogP contribution in [0, 0.1) is 5.82 Å². The number of aliphatic hydroxyl groups is 1. The van der Waals surface area contributed by atoms with Gasteiger partial charge in [0, 0.05) is 24.7 Å². The van der Waals surface area contributed by atoms with E-state index in [0.717, 1.165) is 38.0 Å². The van der Waals surface area contributed by atoms with Crippen LogP contribution in [0.5, 0.6) is 5.75 Å². The number of anilines is 1. The second kappa shape index (κ2) is 12.8. The summed E-state index contributed by atoms with van der Waals surface area (Å²) in [6, 6.07) is 21.3. The Balaban J connectivity index is 1.18. The van der Waals surface area contributed by atoms with Crippen LogP contribution in [-0.4, -0.2) is 54.3 Å². The van der Waals surface area contributed by atoms with Crippen molar-refractivity contribution in [3.05, 3.63) is 94.8 Å². The van der Waals surface area contributed by atoms with Crippen LogP contribution in [0.3, 0.4) is 0 Å². The number of aliphatic hydroxyl groups excluding tert-OH is 1. The molecular formula is C28H31ClFN3O3. The molecule has 4 rings (SSSR count). The van der Waals surface area contributed by atoms with Gasteiger partial charge in [0.1, 0.15) is 24.3 Å². The van der Waals surface area contributed by atoms with Crippen LogP contribution in [0.2, 0.25) is 5.02 Å². The number of piperidine rings is 1. The zero-order valence-electron chi connectivity index (χ0n) is 20.0. The van der Waals surface area contributed by atoms with E-state index in [1.807, 2.05) is 30.3 Å². The van der Waals surface area contributed by atoms with Crippen LogP contribution < -0.4 is 15.4 Å². The molecule has 0 aromatic heterocycles. The molecule has 1 fully saturated rings. The van der Waals surface area contributed by atoms with Crippen LogP contribution in [0.25, 0.3) is 0 Å². The first-order chi connectivity index (χ1) is 17.5. The number of benzene rings is 3. The van der Waals surface area contributed by atoms with E-state index in [2.05, 4.69) is 15.5 Å². The van der Waals surface area contributed by atoms with Gasteiger partial charge in [0.05, 0.1) is 10.7 Å². The number of carbonyl (C=O) groups excluding carboxylic acids is 1. The molecule has 1 unspecified atom stereocenters. The first kappa shape index (κ1) is 26.1. The minimum Gasteiger partial charge on any atom is -0.489 e. The maximum absolute atomic E-state index is 13.4. The third-order valence-electron chi connectivity index (χ3n) is 6.22. The molecule has 3 N–H and O–H groups in total. The van der Waals surface area contributed by atoms with Crippen molar-refractivity contribution in [2.45, 2.75) is 31.5 Å². The first-order valence-corrected chi connectivity index (χ1v) is 12.5. The molecule has 36 heavy (non-hydrogen) atoms. The molecule has 1 saturated heterocycles. The lowest BCUT2D eigenvalue weighted by Crippen LogP contribution is -2.45. The molecule has 0 radical (unpaired) electrons. The van der Waals surface area contributed by atoms with E-state index in [9.17, 15) is 14.3 Å². The molecule has 0 aliphatic carbocycles. The fourth-order valence-corrected chi connectivity index (χ4v) is 4.42. The largest absolute Gasteiger partial charge is 0.489 e. The number of nitrogens with zero attached hydrogens (tertiary/aromatic N) is 1. The van der Waals surface area contributed by atoms with Gasteiger partial charge in [-0.1, -0.05) is 48.0 Å². The summed E-state index contributed by atoms with van der Waals surface area (Å²) in [6.07, 6.45) is 1.22. The predicted molar refractivity (Wildman–Crippen MR) is 140 cm³/mol. The minimum absolute atomic E-state index is 0.107.